The molecule has 0 amide bonds. The van der Waals surface area contributed by atoms with E-state index in [1.165, 1.54) is 11.3 Å². The minimum Gasteiger partial charge on any atom is -0.493 e. The van der Waals surface area contributed by atoms with Gasteiger partial charge in [0.05, 0.1) is 26.1 Å². The van der Waals surface area contributed by atoms with E-state index in [1.54, 1.807) is 14.2 Å². The van der Waals surface area contributed by atoms with Crippen molar-refractivity contribution in [2.75, 3.05) is 27.6 Å². The summed E-state index contributed by atoms with van der Waals surface area (Å²) in [4.78, 5) is 7.35. The highest BCUT2D eigenvalue weighted by Crippen LogP contribution is 2.35. The van der Waals surface area contributed by atoms with Gasteiger partial charge >= 0.3 is 0 Å². The first-order chi connectivity index (χ1) is 19.6. The lowest BCUT2D eigenvalue weighted by Gasteiger charge is -2.24. The van der Waals surface area contributed by atoms with E-state index in [-0.39, 0.29) is 6.79 Å². The third kappa shape index (κ3) is 6.45. The van der Waals surface area contributed by atoms with Crippen LogP contribution in [0.4, 0.5) is 0 Å². The van der Waals surface area contributed by atoms with Gasteiger partial charge in [0.15, 0.2) is 23.0 Å². The van der Waals surface area contributed by atoms with Gasteiger partial charge in [-0.2, -0.15) is 0 Å². The molecule has 0 saturated carbocycles. The van der Waals surface area contributed by atoms with Crippen LogP contribution in [0.3, 0.4) is 0 Å². The number of rotatable bonds is 13. The molecule has 210 valence electrons. The van der Waals surface area contributed by atoms with Crippen LogP contribution in [0, 0.1) is 0 Å². The Morgan fingerprint density at radius 2 is 1.73 bits per heavy atom. The molecule has 7 nitrogen and oxygen atoms in total. The molecule has 1 aromatic heterocycles. The van der Waals surface area contributed by atoms with E-state index in [0.29, 0.717) is 5.75 Å². The van der Waals surface area contributed by atoms with Crippen LogP contribution in [0.2, 0.25) is 0 Å². The second kappa shape index (κ2) is 13.2. The number of fused-ring (bicyclic) bond motifs is 1. The zero-order chi connectivity index (χ0) is 27.9. The highest BCUT2D eigenvalue weighted by atomic mass is 79.9. The SMILES string of the molecule is CCCCn1c(CN(CCc2cc(OC)c(OC)cc2Br)Cc2ccc3c(c2)OCO3)cnc1-c1ccccc1. The van der Waals surface area contributed by atoms with Gasteiger partial charge in [-0.05, 0) is 48.2 Å². The second-order valence-corrected chi connectivity index (χ2v) is 10.7. The van der Waals surface area contributed by atoms with Gasteiger partial charge in [0.25, 0.3) is 0 Å². The molecule has 1 aliphatic heterocycles. The summed E-state index contributed by atoms with van der Waals surface area (Å²) in [7, 11) is 3.33. The molecule has 0 unspecified atom stereocenters. The lowest BCUT2D eigenvalue weighted by atomic mass is 10.1. The Morgan fingerprint density at radius 1 is 0.950 bits per heavy atom. The molecular weight excluding hydrogens is 570 g/mol. The van der Waals surface area contributed by atoms with Crippen LogP contribution in [0.25, 0.3) is 11.4 Å². The third-order valence-electron chi connectivity index (χ3n) is 7.18. The van der Waals surface area contributed by atoms with E-state index in [0.717, 1.165) is 84.1 Å². The third-order valence-corrected chi connectivity index (χ3v) is 7.92. The van der Waals surface area contributed by atoms with E-state index in [2.05, 4.69) is 74.8 Å². The minimum absolute atomic E-state index is 0.273. The monoisotopic (exact) mass is 605 g/mol. The van der Waals surface area contributed by atoms with Crippen molar-refractivity contribution in [3.05, 3.63) is 88.2 Å². The van der Waals surface area contributed by atoms with Crippen molar-refractivity contribution in [2.45, 2.75) is 45.8 Å². The summed E-state index contributed by atoms with van der Waals surface area (Å²) in [6, 6.07) is 20.7. The number of imidazole rings is 1. The Labute approximate surface area is 244 Å². The van der Waals surface area contributed by atoms with Crippen LogP contribution in [-0.4, -0.2) is 42.0 Å². The summed E-state index contributed by atoms with van der Waals surface area (Å²) in [5, 5.41) is 0. The van der Waals surface area contributed by atoms with Crippen LogP contribution < -0.4 is 18.9 Å². The zero-order valence-electron chi connectivity index (χ0n) is 23.4. The number of nitrogens with zero attached hydrogens (tertiary/aromatic N) is 3. The average molecular weight is 607 g/mol. The summed E-state index contributed by atoms with van der Waals surface area (Å²) < 4.78 is 25.6. The maximum atomic E-state index is 5.66. The zero-order valence-corrected chi connectivity index (χ0v) is 24.9. The quantitative estimate of drug-likeness (QED) is 0.162. The predicted molar refractivity (Wildman–Crippen MR) is 160 cm³/mol. The molecule has 0 aliphatic carbocycles. The molecule has 3 aromatic carbocycles. The molecule has 0 fully saturated rings. The number of methoxy groups -OCH3 is 2. The van der Waals surface area contributed by atoms with Crippen LogP contribution in [0.1, 0.15) is 36.6 Å². The highest BCUT2D eigenvalue weighted by Gasteiger charge is 2.19. The summed E-state index contributed by atoms with van der Waals surface area (Å²) in [5.74, 6) is 4.07. The van der Waals surface area contributed by atoms with Gasteiger partial charge < -0.3 is 23.5 Å². The number of hydrogen-bond donors (Lipinski definition) is 0. The van der Waals surface area contributed by atoms with E-state index >= 15 is 0 Å². The van der Waals surface area contributed by atoms with E-state index in [4.69, 9.17) is 23.9 Å². The molecule has 40 heavy (non-hydrogen) atoms. The number of halogens is 1. The maximum absolute atomic E-state index is 5.66. The molecule has 4 aromatic rings. The summed E-state index contributed by atoms with van der Waals surface area (Å²) >= 11 is 3.74. The van der Waals surface area contributed by atoms with Crippen molar-refractivity contribution in [3.63, 3.8) is 0 Å². The smallest absolute Gasteiger partial charge is 0.231 e. The fraction of sp³-hybridized carbons (Fsp3) is 0.344. The maximum Gasteiger partial charge on any atom is 0.231 e. The average Bonchev–Trinajstić information content (AvgIpc) is 3.62. The molecule has 5 rings (SSSR count). The minimum atomic E-state index is 0.273. The summed E-state index contributed by atoms with van der Waals surface area (Å²) in [5.41, 5.74) is 4.69. The van der Waals surface area contributed by atoms with Crippen molar-refractivity contribution >= 4 is 15.9 Å². The molecule has 0 atom stereocenters. The fourth-order valence-corrected chi connectivity index (χ4v) is 5.55. The van der Waals surface area contributed by atoms with Crippen molar-refractivity contribution in [1.82, 2.24) is 14.5 Å². The molecule has 8 heteroatoms. The highest BCUT2D eigenvalue weighted by molar-refractivity contribution is 9.10. The van der Waals surface area contributed by atoms with E-state index in [9.17, 15) is 0 Å². The molecule has 1 aliphatic rings. The number of hydrogen-bond acceptors (Lipinski definition) is 6. The molecular formula is C32H36BrN3O4. The Kier molecular flexibility index (Phi) is 9.29. The normalized spacial score (nSPS) is 12.2. The fourth-order valence-electron chi connectivity index (χ4n) is 5.03. The van der Waals surface area contributed by atoms with E-state index in [1.807, 2.05) is 24.4 Å². The Balaban J connectivity index is 1.43. The Hall–Kier alpha value is -3.49. The first-order valence-electron chi connectivity index (χ1n) is 13.7. The first kappa shape index (κ1) is 28.1. The second-order valence-electron chi connectivity index (χ2n) is 9.89. The van der Waals surface area contributed by atoms with Crippen LogP contribution in [0.15, 0.2) is 71.3 Å². The summed E-state index contributed by atoms with van der Waals surface area (Å²) in [6.45, 7) is 5.81. The van der Waals surface area contributed by atoms with Gasteiger partial charge in [0, 0.05) is 36.2 Å². The van der Waals surface area contributed by atoms with Crippen LogP contribution in [0.5, 0.6) is 23.0 Å². The van der Waals surface area contributed by atoms with Crippen LogP contribution in [-0.2, 0) is 26.1 Å². The van der Waals surface area contributed by atoms with Gasteiger partial charge in [-0.1, -0.05) is 65.7 Å². The Morgan fingerprint density at radius 3 is 2.50 bits per heavy atom. The first-order valence-corrected chi connectivity index (χ1v) is 14.5. The lowest BCUT2D eigenvalue weighted by molar-refractivity contribution is 0.174. The van der Waals surface area contributed by atoms with Crippen LogP contribution >= 0.6 is 15.9 Å². The predicted octanol–water partition coefficient (Wildman–Crippen LogP) is 7.10. The number of aromatic nitrogens is 2. The number of ether oxygens (including phenoxy) is 4. The van der Waals surface area contributed by atoms with Gasteiger partial charge in [-0.3, -0.25) is 4.90 Å². The molecule has 0 N–H and O–H groups in total. The van der Waals surface area contributed by atoms with Crippen molar-refractivity contribution < 1.29 is 18.9 Å². The van der Waals surface area contributed by atoms with Crippen molar-refractivity contribution in [2.24, 2.45) is 0 Å². The number of benzene rings is 3. The van der Waals surface area contributed by atoms with Gasteiger partial charge in [-0.15, -0.1) is 0 Å². The van der Waals surface area contributed by atoms with Crippen molar-refractivity contribution in [1.29, 1.82) is 0 Å². The van der Waals surface area contributed by atoms with Crippen molar-refractivity contribution in [3.8, 4) is 34.4 Å². The number of unbranched alkanes of at least 4 members (excludes halogenated alkanes) is 1. The molecule has 0 saturated heterocycles. The standard InChI is InChI=1S/C32H36BrN3O4/c1-4-5-14-36-26(19-34-32(36)24-9-7-6-8-10-24)21-35(20-23-11-12-28-31(16-23)40-22-39-28)15-13-25-17-29(37-2)30(38-3)18-27(25)33/h6-12,16-19H,4-5,13-15,20-22H2,1-3H3. The molecule has 0 spiro atoms. The molecule has 2 heterocycles. The van der Waals surface area contributed by atoms with E-state index < -0.39 is 0 Å². The van der Waals surface area contributed by atoms with Gasteiger partial charge in [-0.25, -0.2) is 4.98 Å². The van der Waals surface area contributed by atoms with Gasteiger partial charge in [0.2, 0.25) is 6.79 Å². The lowest BCUT2D eigenvalue weighted by Crippen LogP contribution is -2.27. The Bertz CT molecular complexity index is 1420. The van der Waals surface area contributed by atoms with Gasteiger partial charge in [0.1, 0.15) is 5.82 Å². The molecule has 0 bridgehead atoms. The largest absolute Gasteiger partial charge is 0.493 e. The summed E-state index contributed by atoms with van der Waals surface area (Å²) in [6.07, 6.45) is 5.10. The topological polar surface area (TPSA) is 58.0 Å². The molecule has 0 radical (unpaired) electrons.